The van der Waals surface area contributed by atoms with E-state index in [4.69, 9.17) is 4.52 Å². The monoisotopic (exact) mass is 329 g/mol. The average Bonchev–Trinajstić information content (AvgIpc) is 2.90. The third-order valence-electron chi connectivity index (χ3n) is 3.78. The van der Waals surface area contributed by atoms with Crippen molar-refractivity contribution in [1.82, 2.24) is 9.46 Å². The third-order valence-corrected chi connectivity index (χ3v) is 5.71. The van der Waals surface area contributed by atoms with Crippen LogP contribution in [-0.4, -0.2) is 42.6 Å². The van der Waals surface area contributed by atoms with Gasteiger partial charge in [-0.2, -0.15) is 0 Å². The van der Waals surface area contributed by atoms with Crippen LogP contribution >= 0.6 is 0 Å². The van der Waals surface area contributed by atoms with Crippen LogP contribution in [-0.2, 0) is 14.8 Å². The molecular weight excluding hydrogens is 306 g/mol. The Morgan fingerprint density at radius 1 is 1.55 bits per heavy atom. The number of unbranched alkanes of at least 4 members (excludes halogenated alkanes) is 1. The Bertz CT molecular complexity index is 611. The van der Waals surface area contributed by atoms with E-state index < -0.39 is 10.0 Å². The molecule has 2 rings (SSSR count). The van der Waals surface area contributed by atoms with Gasteiger partial charge in [0.1, 0.15) is 5.76 Å². The van der Waals surface area contributed by atoms with E-state index in [1.54, 1.807) is 13.0 Å². The molecule has 1 amide bonds. The molecule has 1 aliphatic rings. The van der Waals surface area contributed by atoms with Gasteiger partial charge in [0.2, 0.25) is 15.9 Å². The van der Waals surface area contributed by atoms with Crippen molar-refractivity contribution in [3.8, 4) is 0 Å². The Labute approximate surface area is 131 Å². The van der Waals surface area contributed by atoms with Crippen molar-refractivity contribution in [3.63, 3.8) is 0 Å². The van der Waals surface area contributed by atoms with Crippen molar-refractivity contribution in [2.24, 2.45) is 5.92 Å². The van der Waals surface area contributed by atoms with Gasteiger partial charge in [-0.05, 0) is 26.2 Å². The first-order valence-corrected chi connectivity index (χ1v) is 9.25. The summed E-state index contributed by atoms with van der Waals surface area (Å²) in [5.74, 6) is 0.586. The van der Waals surface area contributed by atoms with Crippen LogP contribution in [0.25, 0.3) is 0 Å². The fourth-order valence-electron chi connectivity index (χ4n) is 2.52. The van der Waals surface area contributed by atoms with Crippen molar-refractivity contribution in [1.29, 1.82) is 0 Å². The van der Waals surface area contributed by atoms with Crippen LogP contribution in [0.1, 0.15) is 38.4 Å². The molecule has 1 atom stereocenters. The highest BCUT2D eigenvalue weighted by atomic mass is 32.2. The number of amides is 1. The standard InChI is InChI=1S/C14H23N3O4S/c1-3-4-8-22(19,20)17-7-5-6-12(10-17)14(18)15-13-9-11(2)21-16-13/h9,12H,3-8,10H2,1-2H3,(H,15,16,18). The predicted octanol–water partition coefficient (Wildman–Crippen LogP) is 1.76. The Morgan fingerprint density at radius 2 is 2.32 bits per heavy atom. The first-order chi connectivity index (χ1) is 10.4. The maximum atomic E-state index is 12.2. The lowest BCUT2D eigenvalue weighted by Gasteiger charge is -2.31. The maximum absolute atomic E-state index is 12.2. The minimum Gasteiger partial charge on any atom is -0.360 e. The molecular formula is C14H23N3O4S. The highest BCUT2D eigenvalue weighted by molar-refractivity contribution is 7.89. The molecule has 2 heterocycles. The summed E-state index contributed by atoms with van der Waals surface area (Å²) in [5.41, 5.74) is 0. The first-order valence-electron chi connectivity index (χ1n) is 7.64. The van der Waals surface area contributed by atoms with Crippen LogP contribution in [0.5, 0.6) is 0 Å². The number of carbonyl (C=O) groups excluding carboxylic acids is 1. The van der Waals surface area contributed by atoms with Crippen molar-refractivity contribution in [2.75, 3.05) is 24.2 Å². The Balaban J connectivity index is 1.96. The van der Waals surface area contributed by atoms with Gasteiger partial charge in [-0.1, -0.05) is 18.5 Å². The van der Waals surface area contributed by atoms with Gasteiger partial charge in [0.05, 0.1) is 11.7 Å². The lowest BCUT2D eigenvalue weighted by Crippen LogP contribution is -2.44. The van der Waals surface area contributed by atoms with Crippen molar-refractivity contribution >= 4 is 21.7 Å². The van der Waals surface area contributed by atoms with Crippen LogP contribution in [0.4, 0.5) is 5.82 Å². The number of sulfonamides is 1. The average molecular weight is 329 g/mol. The summed E-state index contributed by atoms with van der Waals surface area (Å²) in [6.45, 7) is 4.45. The topological polar surface area (TPSA) is 92.5 Å². The fourth-order valence-corrected chi connectivity index (χ4v) is 4.24. The number of anilines is 1. The Kier molecular flexibility index (Phi) is 5.57. The summed E-state index contributed by atoms with van der Waals surface area (Å²) in [4.78, 5) is 12.2. The smallest absolute Gasteiger partial charge is 0.230 e. The third kappa shape index (κ3) is 4.30. The first kappa shape index (κ1) is 17.0. The molecule has 7 nitrogen and oxygen atoms in total. The van der Waals surface area contributed by atoms with E-state index in [-0.39, 0.29) is 24.1 Å². The fraction of sp³-hybridized carbons (Fsp3) is 0.714. The van der Waals surface area contributed by atoms with Gasteiger partial charge in [0.25, 0.3) is 0 Å². The minimum absolute atomic E-state index is 0.153. The predicted molar refractivity (Wildman–Crippen MR) is 82.9 cm³/mol. The second kappa shape index (κ2) is 7.23. The number of hydrogen-bond acceptors (Lipinski definition) is 5. The van der Waals surface area contributed by atoms with E-state index in [2.05, 4.69) is 10.5 Å². The zero-order valence-electron chi connectivity index (χ0n) is 13.0. The number of nitrogens with one attached hydrogen (secondary N) is 1. The van der Waals surface area contributed by atoms with Gasteiger partial charge in [-0.25, -0.2) is 12.7 Å². The molecule has 1 N–H and O–H groups in total. The van der Waals surface area contributed by atoms with Crippen molar-refractivity contribution in [2.45, 2.75) is 39.5 Å². The van der Waals surface area contributed by atoms with Gasteiger partial charge < -0.3 is 9.84 Å². The quantitative estimate of drug-likeness (QED) is 0.858. The van der Waals surface area contributed by atoms with Gasteiger partial charge in [-0.3, -0.25) is 4.79 Å². The molecule has 0 radical (unpaired) electrons. The number of hydrogen-bond donors (Lipinski definition) is 1. The Morgan fingerprint density at radius 3 is 2.95 bits per heavy atom. The highest BCUT2D eigenvalue weighted by Gasteiger charge is 2.32. The molecule has 0 saturated carbocycles. The van der Waals surface area contributed by atoms with Crippen LogP contribution in [0.2, 0.25) is 0 Å². The summed E-state index contributed by atoms with van der Waals surface area (Å²) in [5, 5.41) is 6.40. The number of aromatic nitrogens is 1. The second-order valence-electron chi connectivity index (χ2n) is 5.68. The van der Waals surface area contributed by atoms with E-state index in [0.29, 0.717) is 37.4 Å². The summed E-state index contributed by atoms with van der Waals surface area (Å²) in [7, 11) is -3.26. The largest absolute Gasteiger partial charge is 0.360 e. The number of nitrogens with zero attached hydrogens (tertiary/aromatic N) is 2. The van der Waals surface area contributed by atoms with Crippen LogP contribution in [0, 0.1) is 12.8 Å². The summed E-state index contributed by atoms with van der Waals surface area (Å²) in [6.07, 6.45) is 2.86. The molecule has 8 heteroatoms. The molecule has 1 aromatic heterocycles. The van der Waals surface area contributed by atoms with Gasteiger partial charge in [0, 0.05) is 19.2 Å². The summed E-state index contributed by atoms with van der Waals surface area (Å²) < 4.78 is 30.8. The molecule has 1 saturated heterocycles. The summed E-state index contributed by atoms with van der Waals surface area (Å²) in [6, 6.07) is 1.64. The lowest BCUT2D eigenvalue weighted by atomic mass is 9.99. The molecule has 0 aliphatic carbocycles. The van der Waals surface area contributed by atoms with E-state index in [1.165, 1.54) is 4.31 Å². The normalized spacial score (nSPS) is 20.0. The van der Waals surface area contributed by atoms with Crippen LogP contribution < -0.4 is 5.32 Å². The zero-order chi connectivity index (χ0) is 16.2. The van der Waals surface area contributed by atoms with E-state index >= 15 is 0 Å². The molecule has 1 aliphatic heterocycles. The molecule has 1 fully saturated rings. The van der Waals surface area contributed by atoms with Crippen molar-refractivity contribution in [3.05, 3.63) is 11.8 Å². The van der Waals surface area contributed by atoms with E-state index in [9.17, 15) is 13.2 Å². The maximum Gasteiger partial charge on any atom is 0.230 e. The Hall–Kier alpha value is -1.41. The molecule has 1 aromatic rings. The molecule has 0 aromatic carbocycles. The zero-order valence-corrected chi connectivity index (χ0v) is 13.9. The summed E-state index contributed by atoms with van der Waals surface area (Å²) >= 11 is 0. The highest BCUT2D eigenvalue weighted by Crippen LogP contribution is 2.21. The molecule has 22 heavy (non-hydrogen) atoms. The SMILES string of the molecule is CCCCS(=O)(=O)N1CCCC(C(=O)Nc2cc(C)on2)C1. The van der Waals surface area contributed by atoms with Crippen LogP contribution in [0.3, 0.4) is 0 Å². The van der Waals surface area contributed by atoms with Gasteiger partial charge in [-0.15, -0.1) is 0 Å². The second-order valence-corrected chi connectivity index (χ2v) is 7.77. The van der Waals surface area contributed by atoms with Gasteiger partial charge in [0.15, 0.2) is 5.82 Å². The molecule has 1 unspecified atom stereocenters. The molecule has 124 valence electrons. The van der Waals surface area contributed by atoms with E-state index in [0.717, 1.165) is 6.42 Å². The van der Waals surface area contributed by atoms with Gasteiger partial charge >= 0.3 is 0 Å². The van der Waals surface area contributed by atoms with E-state index in [1.807, 2.05) is 6.92 Å². The number of rotatable bonds is 6. The van der Waals surface area contributed by atoms with Crippen LogP contribution in [0.15, 0.2) is 10.6 Å². The molecule has 0 bridgehead atoms. The number of piperidine rings is 1. The number of carbonyl (C=O) groups is 1. The molecule has 0 spiro atoms. The van der Waals surface area contributed by atoms with Crippen molar-refractivity contribution < 1.29 is 17.7 Å². The number of aryl methyl sites for hydroxylation is 1. The minimum atomic E-state index is -3.26. The lowest BCUT2D eigenvalue weighted by molar-refractivity contribution is -0.120.